The van der Waals surface area contributed by atoms with Crippen molar-refractivity contribution in [2.45, 2.75) is 18.6 Å². The van der Waals surface area contributed by atoms with Crippen molar-refractivity contribution >= 4 is 11.9 Å². The number of alkyl halides is 3. The summed E-state index contributed by atoms with van der Waals surface area (Å²) >= 11 is 0. The molecule has 0 saturated carbocycles. The number of aromatic hydroxyl groups is 1. The second kappa shape index (κ2) is 8.65. The van der Waals surface area contributed by atoms with Gasteiger partial charge in [-0.2, -0.15) is 18.3 Å². The number of carboxylic acids is 1. The lowest BCUT2D eigenvalue weighted by Crippen LogP contribution is -2.31. The number of amides is 1. The predicted octanol–water partition coefficient (Wildman–Crippen LogP) is 3.82. The molecule has 0 fully saturated rings. The van der Waals surface area contributed by atoms with Crippen LogP contribution in [0, 0.1) is 11.6 Å². The third-order valence-electron chi connectivity index (χ3n) is 4.39. The third kappa shape index (κ3) is 4.85. The Balaban J connectivity index is 1.92. The zero-order chi connectivity index (χ0) is 23.6. The first-order chi connectivity index (χ1) is 15.0. The number of hydrogen-bond acceptors (Lipinski definition) is 4. The van der Waals surface area contributed by atoms with Crippen molar-refractivity contribution in [3.05, 3.63) is 77.0 Å². The topological polar surface area (TPSA) is 104 Å². The lowest BCUT2D eigenvalue weighted by Gasteiger charge is -2.19. The number of nitrogens with zero attached hydrogens (tertiary/aromatic N) is 2. The highest BCUT2D eigenvalue weighted by Gasteiger charge is 2.36. The van der Waals surface area contributed by atoms with Crippen LogP contribution in [-0.4, -0.2) is 31.9 Å². The predicted molar refractivity (Wildman–Crippen MR) is 99.0 cm³/mol. The fourth-order valence-electron chi connectivity index (χ4n) is 2.94. The number of carboxylic acid groups (broad SMARTS) is 1. The Morgan fingerprint density at radius 1 is 1.09 bits per heavy atom. The van der Waals surface area contributed by atoms with E-state index in [1.165, 1.54) is 12.1 Å². The van der Waals surface area contributed by atoms with Crippen LogP contribution in [0.3, 0.4) is 0 Å². The van der Waals surface area contributed by atoms with Crippen molar-refractivity contribution in [2.24, 2.45) is 0 Å². The van der Waals surface area contributed by atoms with Gasteiger partial charge in [0, 0.05) is 11.6 Å². The molecule has 3 rings (SSSR count). The van der Waals surface area contributed by atoms with Gasteiger partial charge in [-0.3, -0.25) is 9.59 Å². The first-order valence-electron chi connectivity index (χ1n) is 8.90. The highest BCUT2D eigenvalue weighted by molar-refractivity contribution is 5.93. The fraction of sp³-hybridized carbons (Fsp3) is 0.150. The molecule has 0 aliphatic rings. The van der Waals surface area contributed by atoms with Crippen LogP contribution in [0.25, 0.3) is 5.69 Å². The standard InChI is InChI=1S/C20H14F5N3O4/c21-10-4-6-11(7-5-10)28-16(29)8-15(27-28)19(32)26-14(9-17(30)31)12-2-1-3-13(18(12)22)20(23,24)25/h1-8,14,29H,9H2,(H,26,32)(H,30,31). The summed E-state index contributed by atoms with van der Waals surface area (Å²) in [7, 11) is 0. The van der Waals surface area contributed by atoms with Gasteiger partial charge in [0.05, 0.1) is 23.7 Å². The molecule has 7 nitrogen and oxygen atoms in total. The van der Waals surface area contributed by atoms with E-state index >= 15 is 0 Å². The average Bonchev–Trinajstić information content (AvgIpc) is 3.09. The van der Waals surface area contributed by atoms with E-state index in [-0.39, 0.29) is 5.69 Å². The van der Waals surface area contributed by atoms with Crippen molar-refractivity contribution < 1.29 is 41.8 Å². The smallest absolute Gasteiger partial charge is 0.419 e. The molecule has 168 valence electrons. The lowest BCUT2D eigenvalue weighted by atomic mass is 9.99. The highest BCUT2D eigenvalue weighted by atomic mass is 19.4. The summed E-state index contributed by atoms with van der Waals surface area (Å²) in [5.74, 6) is -5.39. The zero-order valence-corrected chi connectivity index (χ0v) is 15.9. The van der Waals surface area contributed by atoms with Gasteiger partial charge in [0.15, 0.2) is 5.69 Å². The molecule has 2 aromatic carbocycles. The minimum atomic E-state index is -5.03. The second-order valence-corrected chi connectivity index (χ2v) is 6.61. The molecule has 0 aliphatic carbocycles. The molecule has 1 heterocycles. The molecule has 1 amide bonds. The van der Waals surface area contributed by atoms with Gasteiger partial charge in [-0.1, -0.05) is 12.1 Å². The van der Waals surface area contributed by atoms with Gasteiger partial charge in [0.25, 0.3) is 5.91 Å². The molecular weight excluding hydrogens is 441 g/mol. The molecule has 3 aromatic rings. The van der Waals surface area contributed by atoms with Gasteiger partial charge in [-0.15, -0.1) is 0 Å². The Kier molecular flexibility index (Phi) is 6.14. The Bertz CT molecular complexity index is 1160. The van der Waals surface area contributed by atoms with Crippen LogP contribution in [0.15, 0.2) is 48.5 Å². The Morgan fingerprint density at radius 2 is 1.75 bits per heavy atom. The summed E-state index contributed by atoms with van der Waals surface area (Å²) in [6.45, 7) is 0. The van der Waals surface area contributed by atoms with E-state index in [1.807, 2.05) is 0 Å². The van der Waals surface area contributed by atoms with Gasteiger partial charge in [0.1, 0.15) is 11.6 Å². The number of hydrogen-bond donors (Lipinski definition) is 3. The molecule has 3 N–H and O–H groups in total. The molecule has 12 heteroatoms. The maximum absolute atomic E-state index is 14.5. The Morgan fingerprint density at radius 3 is 2.34 bits per heavy atom. The number of benzene rings is 2. The van der Waals surface area contributed by atoms with E-state index in [0.717, 1.165) is 35.0 Å². The monoisotopic (exact) mass is 455 g/mol. The van der Waals surface area contributed by atoms with Crippen molar-refractivity contribution in [1.82, 2.24) is 15.1 Å². The van der Waals surface area contributed by atoms with Gasteiger partial charge in [-0.05, 0) is 30.3 Å². The molecule has 0 aliphatic heterocycles. The molecule has 1 unspecified atom stereocenters. The van der Waals surface area contributed by atoms with Crippen LogP contribution in [0.1, 0.15) is 34.1 Å². The lowest BCUT2D eigenvalue weighted by molar-refractivity contribution is -0.140. The first kappa shape index (κ1) is 22.7. The molecule has 0 saturated heterocycles. The summed E-state index contributed by atoms with van der Waals surface area (Å²) in [6.07, 6.45) is -5.95. The summed E-state index contributed by atoms with van der Waals surface area (Å²) in [6, 6.07) is 6.21. The summed E-state index contributed by atoms with van der Waals surface area (Å²) in [5.41, 5.74) is -2.54. The van der Waals surface area contributed by atoms with Crippen LogP contribution in [-0.2, 0) is 11.0 Å². The molecule has 0 bridgehead atoms. The number of halogens is 5. The van der Waals surface area contributed by atoms with Crippen LogP contribution in [0.2, 0.25) is 0 Å². The minimum absolute atomic E-state index is 0.189. The van der Waals surface area contributed by atoms with Crippen LogP contribution >= 0.6 is 0 Å². The van der Waals surface area contributed by atoms with Crippen molar-refractivity contribution in [1.29, 1.82) is 0 Å². The van der Waals surface area contributed by atoms with E-state index in [4.69, 9.17) is 5.11 Å². The third-order valence-corrected chi connectivity index (χ3v) is 4.39. The van der Waals surface area contributed by atoms with Crippen molar-refractivity contribution in [3.63, 3.8) is 0 Å². The van der Waals surface area contributed by atoms with E-state index in [2.05, 4.69) is 10.4 Å². The van der Waals surface area contributed by atoms with Gasteiger partial charge in [0.2, 0.25) is 5.88 Å². The SMILES string of the molecule is O=C(O)CC(NC(=O)c1cc(O)n(-c2ccc(F)cc2)n1)c1cccc(C(F)(F)F)c1F. The van der Waals surface area contributed by atoms with E-state index in [1.54, 1.807) is 0 Å². The van der Waals surface area contributed by atoms with E-state index in [0.29, 0.717) is 6.07 Å². The maximum atomic E-state index is 14.5. The van der Waals surface area contributed by atoms with E-state index in [9.17, 15) is 36.6 Å². The average molecular weight is 455 g/mol. The summed E-state index contributed by atoms with van der Waals surface area (Å²) in [5, 5.41) is 25.1. The van der Waals surface area contributed by atoms with Gasteiger partial charge in [-0.25, -0.2) is 13.5 Å². The summed E-state index contributed by atoms with van der Waals surface area (Å²) < 4.78 is 67.5. The first-order valence-corrected chi connectivity index (χ1v) is 8.90. The van der Waals surface area contributed by atoms with Crippen molar-refractivity contribution in [2.75, 3.05) is 0 Å². The maximum Gasteiger partial charge on any atom is 0.419 e. The summed E-state index contributed by atoms with van der Waals surface area (Å²) in [4.78, 5) is 23.7. The molecule has 0 radical (unpaired) electrons. The molecule has 0 spiro atoms. The Hall–Kier alpha value is -3.96. The second-order valence-electron chi connectivity index (χ2n) is 6.61. The fourth-order valence-corrected chi connectivity index (χ4v) is 2.94. The zero-order valence-electron chi connectivity index (χ0n) is 15.9. The van der Waals surface area contributed by atoms with Crippen molar-refractivity contribution in [3.8, 4) is 11.6 Å². The van der Waals surface area contributed by atoms with Crippen LogP contribution in [0.5, 0.6) is 5.88 Å². The van der Waals surface area contributed by atoms with Crippen LogP contribution < -0.4 is 5.32 Å². The molecular formula is C20H14F5N3O4. The molecule has 1 atom stereocenters. The van der Waals surface area contributed by atoms with Gasteiger partial charge >= 0.3 is 12.1 Å². The number of aromatic nitrogens is 2. The number of rotatable bonds is 6. The number of carbonyl (C=O) groups is 2. The van der Waals surface area contributed by atoms with Gasteiger partial charge < -0.3 is 15.5 Å². The highest BCUT2D eigenvalue weighted by Crippen LogP contribution is 2.34. The van der Waals surface area contributed by atoms with Crippen LogP contribution in [0.4, 0.5) is 22.0 Å². The normalized spacial score (nSPS) is 12.4. The minimum Gasteiger partial charge on any atom is -0.493 e. The largest absolute Gasteiger partial charge is 0.493 e. The molecule has 32 heavy (non-hydrogen) atoms. The quantitative estimate of drug-likeness (QED) is 0.491. The molecule has 1 aromatic heterocycles. The van der Waals surface area contributed by atoms with E-state index < -0.39 is 64.9 Å². The number of aliphatic carboxylic acids is 1. The Labute approximate surface area is 176 Å². The number of carbonyl (C=O) groups excluding carboxylic acids is 1. The number of nitrogens with one attached hydrogen (secondary N) is 1.